The lowest BCUT2D eigenvalue weighted by Crippen LogP contribution is -2.40. The van der Waals surface area contributed by atoms with E-state index < -0.39 is 0 Å². The third kappa shape index (κ3) is 1.71. The van der Waals surface area contributed by atoms with Gasteiger partial charge in [-0.2, -0.15) is 0 Å². The van der Waals surface area contributed by atoms with Crippen molar-refractivity contribution in [3.63, 3.8) is 0 Å². The topological polar surface area (TPSA) is 64.8 Å². The van der Waals surface area contributed by atoms with Crippen molar-refractivity contribution in [1.82, 2.24) is 4.90 Å². The van der Waals surface area contributed by atoms with E-state index in [-0.39, 0.29) is 18.7 Å². The minimum atomic E-state index is -0.00898. The molecule has 1 aromatic rings. The SMILES string of the molecule is NC[C@H]1CCCN1C(=O)c1cccc2c1OCO2. The molecule has 18 heavy (non-hydrogen) atoms. The van der Waals surface area contributed by atoms with Gasteiger partial charge in [-0.1, -0.05) is 6.07 Å². The molecule has 0 aromatic heterocycles. The Morgan fingerprint density at radius 3 is 3.17 bits per heavy atom. The average Bonchev–Trinajstić information content (AvgIpc) is 3.05. The highest BCUT2D eigenvalue weighted by atomic mass is 16.7. The maximum atomic E-state index is 12.5. The van der Waals surface area contributed by atoms with Crippen LogP contribution in [-0.2, 0) is 0 Å². The summed E-state index contributed by atoms with van der Waals surface area (Å²) in [6.07, 6.45) is 1.99. The van der Waals surface area contributed by atoms with Crippen LogP contribution in [0.3, 0.4) is 0 Å². The molecule has 0 saturated carbocycles. The van der Waals surface area contributed by atoms with E-state index in [1.165, 1.54) is 0 Å². The predicted molar refractivity (Wildman–Crippen MR) is 65.7 cm³/mol. The highest BCUT2D eigenvalue weighted by Crippen LogP contribution is 2.36. The van der Waals surface area contributed by atoms with Gasteiger partial charge in [0.1, 0.15) is 0 Å². The van der Waals surface area contributed by atoms with Crippen LogP contribution in [0.5, 0.6) is 11.5 Å². The van der Waals surface area contributed by atoms with Crippen LogP contribution in [0.15, 0.2) is 18.2 Å². The molecule has 5 nitrogen and oxygen atoms in total. The fourth-order valence-electron chi connectivity index (χ4n) is 2.60. The van der Waals surface area contributed by atoms with Gasteiger partial charge in [0.15, 0.2) is 11.5 Å². The summed E-state index contributed by atoms with van der Waals surface area (Å²) in [7, 11) is 0. The summed E-state index contributed by atoms with van der Waals surface area (Å²) in [5, 5.41) is 0. The maximum absolute atomic E-state index is 12.5. The number of likely N-dealkylation sites (tertiary alicyclic amines) is 1. The first-order chi connectivity index (χ1) is 8.81. The van der Waals surface area contributed by atoms with Crippen molar-refractivity contribution in [3.8, 4) is 11.5 Å². The van der Waals surface area contributed by atoms with Gasteiger partial charge in [-0.05, 0) is 25.0 Å². The molecule has 0 bridgehead atoms. The zero-order chi connectivity index (χ0) is 12.5. The molecule has 1 saturated heterocycles. The number of hydrogen-bond donors (Lipinski definition) is 1. The van der Waals surface area contributed by atoms with Gasteiger partial charge in [-0.25, -0.2) is 0 Å². The van der Waals surface area contributed by atoms with Crippen molar-refractivity contribution in [2.45, 2.75) is 18.9 Å². The number of carbonyl (C=O) groups excluding carboxylic acids is 1. The van der Waals surface area contributed by atoms with E-state index in [4.69, 9.17) is 15.2 Å². The molecule has 2 N–H and O–H groups in total. The molecular weight excluding hydrogens is 232 g/mol. The van der Waals surface area contributed by atoms with E-state index in [0.717, 1.165) is 19.4 Å². The average molecular weight is 248 g/mol. The van der Waals surface area contributed by atoms with Gasteiger partial charge in [-0.3, -0.25) is 4.79 Å². The van der Waals surface area contributed by atoms with Gasteiger partial charge in [-0.15, -0.1) is 0 Å². The maximum Gasteiger partial charge on any atom is 0.258 e. The number of fused-ring (bicyclic) bond motifs is 1. The van der Waals surface area contributed by atoms with E-state index >= 15 is 0 Å². The molecule has 3 rings (SSSR count). The van der Waals surface area contributed by atoms with Crippen molar-refractivity contribution in [1.29, 1.82) is 0 Å². The Balaban J connectivity index is 1.91. The molecule has 96 valence electrons. The molecule has 2 aliphatic rings. The highest BCUT2D eigenvalue weighted by Gasteiger charge is 2.31. The number of hydrogen-bond acceptors (Lipinski definition) is 4. The predicted octanol–water partition coefficient (Wildman–Crippen LogP) is 0.979. The summed E-state index contributed by atoms with van der Waals surface area (Å²) in [4.78, 5) is 14.4. The smallest absolute Gasteiger partial charge is 0.258 e. The minimum absolute atomic E-state index is 0.00898. The zero-order valence-corrected chi connectivity index (χ0v) is 10.1. The normalized spacial score (nSPS) is 21.4. The fourth-order valence-corrected chi connectivity index (χ4v) is 2.60. The number of carbonyl (C=O) groups is 1. The van der Waals surface area contributed by atoms with Crippen molar-refractivity contribution in [2.24, 2.45) is 5.73 Å². The summed E-state index contributed by atoms with van der Waals surface area (Å²) < 4.78 is 10.7. The number of amides is 1. The van der Waals surface area contributed by atoms with E-state index in [9.17, 15) is 4.79 Å². The summed E-state index contributed by atoms with van der Waals surface area (Å²) in [6, 6.07) is 5.55. The molecule has 2 aliphatic heterocycles. The van der Waals surface area contributed by atoms with Crippen LogP contribution in [0.1, 0.15) is 23.2 Å². The molecule has 1 aromatic carbocycles. The first-order valence-corrected chi connectivity index (χ1v) is 6.21. The molecular formula is C13H16N2O3. The lowest BCUT2D eigenvalue weighted by Gasteiger charge is -2.23. The Kier molecular flexibility index (Phi) is 2.83. The van der Waals surface area contributed by atoms with Crippen LogP contribution in [0.4, 0.5) is 0 Å². The molecule has 1 fully saturated rings. The van der Waals surface area contributed by atoms with Gasteiger partial charge in [0, 0.05) is 19.1 Å². The van der Waals surface area contributed by atoms with E-state index in [2.05, 4.69) is 0 Å². The second kappa shape index (κ2) is 4.49. The summed E-state index contributed by atoms with van der Waals surface area (Å²) in [5.41, 5.74) is 6.28. The molecule has 1 atom stereocenters. The van der Waals surface area contributed by atoms with E-state index in [0.29, 0.717) is 23.6 Å². The molecule has 0 spiro atoms. The van der Waals surface area contributed by atoms with Gasteiger partial charge < -0.3 is 20.1 Å². The molecule has 0 radical (unpaired) electrons. The van der Waals surface area contributed by atoms with Crippen molar-refractivity contribution >= 4 is 5.91 Å². The Morgan fingerprint density at radius 1 is 1.44 bits per heavy atom. The van der Waals surface area contributed by atoms with Gasteiger partial charge in [0.2, 0.25) is 6.79 Å². The van der Waals surface area contributed by atoms with Gasteiger partial charge >= 0.3 is 0 Å². The lowest BCUT2D eigenvalue weighted by molar-refractivity contribution is 0.0736. The van der Waals surface area contributed by atoms with Crippen LogP contribution in [-0.4, -0.2) is 36.7 Å². The summed E-state index contributed by atoms with van der Waals surface area (Å²) in [5.74, 6) is 1.19. The molecule has 2 heterocycles. The zero-order valence-electron chi connectivity index (χ0n) is 10.1. The first-order valence-electron chi connectivity index (χ1n) is 6.21. The molecule has 0 unspecified atom stereocenters. The quantitative estimate of drug-likeness (QED) is 0.847. The van der Waals surface area contributed by atoms with Crippen molar-refractivity contribution in [2.75, 3.05) is 19.9 Å². The second-order valence-electron chi connectivity index (χ2n) is 4.57. The number of nitrogens with zero attached hydrogens (tertiary/aromatic N) is 1. The lowest BCUT2D eigenvalue weighted by atomic mass is 10.1. The van der Waals surface area contributed by atoms with E-state index in [1.807, 2.05) is 17.0 Å². The molecule has 5 heteroatoms. The van der Waals surface area contributed by atoms with Crippen molar-refractivity contribution in [3.05, 3.63) is 23.8 Å². The first kappa shape index (κ1) is 11.3. The third-order valence-corrected chi connectivity index (χ3v) is 3.54. The third-order valence-electron chi connectivity index (χ3n) is 3.54. The van der Waals surface area contributed by atoms with E-state index in [1.54, 1.807) is 6.07 Å². The van der Waals surface area contributed by atoms with Gasteiger partial charge in [0.05, 0.1) is 5.56 Å². The molecule has 0 aliphatic carbocycles. The monoisotopic (exact) mass is 248 g/mol. The van der Waals surface area contributed by atoms with Crippen LogP contribution < -0.4 is 15.2 Å². The van der Waals surface area contributed by atoms with Gasteiger partial charge in [0.25, 0.3) is 5.91 Å². The summed E-state index contributed by atoms with van der Waals surface area (Å²) >= 11 is 0. The Morgan fingerprint density at radius 2 is 2.33 bits per heavy atom. The number of ether oxygens (including phenoxy) is 2. The molecule has 1 amide bonds. The minimum Gasteiger partial charge on any atom is -0.454 e. The fraction of sp³-hybridized carbons (Fsp3) is 0.462. The Hall–Kier alpha value is -1.75. The van der Waals surface area contributed by atoms with Crippen LogP contribution >= 0.6 is 0 Å². The van der Waals surface area contributed by atoms with Crippen LogP contribution in [0, 0.1) is 0 Å². The largest absolute Gasteiger partial charge is 0.454 e. The number of rotatable bonds is 2. The van der Waals surface area contributed by atoms with Crippen LogP contribution in [0.2, 0.25) is 0 Å². The second-order valence-corrected chi connectivity index (χ2v) is 4.57. The number of nitrogens with two attached hydrogens (primary N) is 1. The number of para-hydroxylation sites is 1. The highest BCUT2D eigenvalue weighted by molar-refractivity contribution is 5.98. The van der Waals surface area contributed by atoms with Crippen molar-refractivity contribution < 1.29 is 14.3 Å². The standard InChI is InChI=1S/C13H16N2O3/c14-7-9-3-2-6-15(9)13(16)10-4-1-5-11-12(10)18-8-17-11/h1,4-5,9H,2-3,6-8,14H2/t9-/m1/s1. The summed E-state index contributed by atoms with van der Waals surface area (Å²) in [6.45, 7) is 1.46. The Bertz CT molecular complexity index is 475. The van der Waals surface area contributed by atoms with Crippen LogP contribution in [0.25, 0.3) is 0 Å². The Labute approximate surface area is 105 Å². The number of benzene rings is 1.